The number of nitrogens with zero attached hydrogens (tertiary/aromatic N) is 1. The van der Waals surface area contributed by atoms with E-state index < -0.39 is 0 Å². The summed E-state index contributed by atoms with van der Waals surface area (Å²) >= 11 is 0. The molecule has 0 bridgehead atoms. The zero-order chi connectivity index (χ0) is 8.27. The van der Waals surface area contributed by atoms with Crippen LogP contribution in [0.25, 0.3) is 0 Å². The molecule has 0 aliphatic carbocycles. The molecule has 1 amide bonds. The van der Waals surface area contributed by atoms with Gasteiger partial charge in [-0.05, 0) is 13.5 Å². The maximum atomic E-state index is 11.2. The van der Waals surface area contributed by atoms with E-state index >= 15 is 0 Å². The van der Waals surface area contributed by atoms with Crippen molar-refractivity contribution in [3.05, 3.63) is 0 Å². The third-order valence-corrected chi connectivity index (χ3v) is 1.91. The van der Waals surface area contributed by atoms with E-state index in [0.717, 1.165) is 19.5 Å². The molecular weight excluding hydrogens is 142 g/mol. The fourth-order valence-corrected chi connectivity index (χ4v) is 1.28. The molecule has 0 aromatic carbocycles. The first kappa shape index (κ1) is 8.49. The highest BCUT2D eigenvalue weighted by atomic mass is 16.2. The van der Waals surface area contributed by atoms with Gasteiger partial charge in [-0.1, -0.05) is 0 Å². The van der Waals surface area contributed by atoms with Crippen LogP contribution in [0.1, 0.15) is 6.42 Å². The molecule has 11 heavy (non-hydrogen) atoms. The van der Waals surface area contributed by atoms with Crippen molar-refractivity contribution in [2.75, 3.05) is 26.7 Å². The van der Waals surface area contributed by atoms with Crippen LogP contribution in [0.5, 0.6) is 0 Å². The number of rotatable bonds is 2. The summed E-state index contributed by atoms with van der Waals surface area (Å²) in [6, 6.07) is 0.191. The largest absolute Gasteiger partial charge is 0.340 e. The van der Waals surface area contributed by atoms with Gasteiger partial charge < -0.3 is 16.0 Å². The molecule has 4 heteroatoms. The summed E-state index contributed by atoms with van der Waals surface area (Å²) in [5.41, 5.74) is 5.64. The number of nitrogens with two attached hydrogens (primary N) is 1. The molecule has 3 N–H and O–H groups in total. The highest BCUT2D eigenvalue weighted by Crippen LogP contribution is 2.05. The third kappa shape index (κ3) is 2.17. The topological polar surface area (TPSA) is 58.4 Å². The Morgan fingerprint density at radius 1 is 1.82 bits per heavy atom. The van der Waals surface area contributed by atoms with Gasteiger partial charge in [0.05, 0.1) is 6.54 Å². The van der Waals surface area contributed by atoms with E-state index in [9.17, 15) is 4.79 Å². The molecule has 0 saturated carbocycles. The van der Waals surface area contributed by atoms with Crippen LogP contribution in [0.15, 0.2) is 0 Å². The Morgan fingerprint density at radius 3 is 3.00 bits per heavy atom. The molecule has 64 valence electrons. The van der Waals surface area contributed by atoms with Crippen LogP contribution >= 0.6 is 0 Å². The van der Waals surface area contributed by atoms with Crippen molar-refractivity contribution in [2.45, 2.75) is 12.5 Å². The highest BCUT2D eigenvalue weighted by Gasteiger charge is 2.22. The number of carbonyl (C=O) groups is 1. The SMILES string of the molecule is CNCC(=O)N1CC[C@H](N)C1. The van der Waals surface area contributed by atoms with Crippen molar-refractivity contribution >= 4 is 5.91 Å². The second-order valence-corrected chi connectivity index (χ2v) is 2.92. The summed E-state index contributed by atoms with van der Waals surface area (Å²) in [7, 11) is 1.77. The van der Waals surface area contributed by atoms with E-state index in [2.05, 4.69) is 5.32 Å². The minimum absolute atomic E-state index is 0.153. The van der Waals surface area contributed by atoms with E-state index in [-0.39, 0.29) is 11.9 Å². The second kappa shape index (κ2) is 3.69. The minimum atomic E-state index is 0.153. The van der Waals surface area contributed by atoms with Gasteiger partial charge in [0.15, 0.2) is 0 Å². The molecule has 0 aromatic heterocycles. The molecule has 1 saturated heterocycles. The van der Waals surface area contributed by atoms with E-state index in [4.69, 9.17) is 5.73 Å². The standard InChI is InChI=1S/C7H15N3O/c1-9-4-7(11)10-3-2-6(8)5-10/h6,9H,2-5,8H2,1H3/t6-/m0/s1. The van der Waals surface area contributed by atoms with Crippen LogP contribution in [0.3, 0.4) is 0 Å². The van der Waals surface area contributed by atoms with Gasteiger partial charge >= 0.3 is 0 Å². The van der Waals surface area contributed by atoms with Crippen molar-refractivity contribution in [1.29, 1.82) is 0 Å². The molecule has 0 unspecified atom stereocenters. The molecule has 0 aromatic rings. The summed E-state index contributed by atoms with van der Waals surface area (Å²) in [5.74, 6) is 0.153. The van der Waals surface area contributed by atoms with Crippen molar-refractivity contribution < 1.29 is 4.79 Å². The maximum absolute atomic E-state index is 11.2. The molecule has 0 radical (unpaired) electrons. The molecule has 1 aliphatic heterocycles. The Kier molecular flexibility index (Phi) is 2.84. The van der Waals surface area contributed by atoms with Crippen LogP contribution in [0.4, 0.5) is 0 Å². The van der Waals surface area contributed by atoms with Gasteiger partial charge in [-0.15, -0.1) is 0 Å². The summed E-state index contributed by atoms with van der Waals surface area (Å²) < 4.78 is 0. The molecule has 4 nitrogen and oxygen atoms in total. The zero-order valence-electron chi connectivity index (χ0n) is 6.84. The van der Waals surface area contributed by atoms with Gasteiger partial charge in [-0.2, -0.15) is 0 Å². The molecular formula is C7H15N3O. The monoisotopic (exact) mass is 157 g/mol. The third-order valence-electron chi connectivity index (χ3n) is 1.91. The van der Waals surface area contributed by atoms with Crippen molar-refractivity contribution in [1.82, 2.24) is 10.2 Å². The lowest BCUT2D eigenvalue weighted by Crippen LogP contribution is -2.37. The smallest absolute Gasteiger partial charge is 0.236 e. The van der Waals surface area contributed by atoms with E-state index in [1.165, 1.54) is 0 Å². The van der Waals surface area contributed by atoms with Gasteiger partial charge in [0, 0.05) is 19.1 Å². The maximum Gasteiger partial charge on any atom is 0.236 e. The van der Waals surface area contributed by atoms with Gasteiger partial charge in [0.25, 0.3) is 0 Å². The van der Waals surface area contributed by atoms with E-state index in [1.54, 1.807) is 11.9 Å². The lowest BCUT2D eigenvalue weighted by Gasteiger charge is -2.14. The molecule has 1 aliphatic rings. The summed E-state index contributed by atoms with van der Waals surface area (Å²) in [6.07, 6.45) is 0.940. The Labute approximate surface area is 66.7 Å². The number of amides is 1. The van der Waals surface area contributed by atoms with Gasteiger partial charge in [0.2, 0.25) is 5.91 Å². The summed E-state index contributed by atoms with van der Waals surface area (Å²) in [4.78, 5) is 13.0. The van der Waals surface area contributed by atoms with Gasteiger partial charge in [-0.25, -0.2) is 0 Å². The first-order chi connectivity index (χ1) is 5.24. The fourth-order valence-electron chi connectivity index (χ4n) is 1.28. The van der Waals surface area contributed by atoms with E-state index in [0.29, 0.717) is 6.54 Å². The molecule has 1 heterocycles. The minimum Gasteiger partial charge on any atom is -0.340 e. The van der Waals surface area contributed by atoms with Crippen LogP contribution in [-0.4, -0.2) is 43.5 Å². The number of likely N-dealkylation sites (N-methyl/N-ethyl adjacent to an activating group) is 1. The first-order valence-electron chi connectivity index (χ1n) is 3.92. The predicted octanol–water partition coefficient (Wildman–Crippen LogP) is -1.23. The Balaban J connectivity index is 2.31. The molecule has 0 spiro atoms. The predicted molar refractivity (Wildman–Crippen MR) is 43.1 cm³/mol. The molecule has 1 rings (SSSR count). The fraction of sp³-hybridized carbons (Fsp3) is 0.857. The number of nitrogens with one attached hydrogen (secondary N) is 1. The zero-order valence-corrected chi connectivity index (χ0v) is 6.84. The lowest BCUT2D eigenvalue weighted by molar-refractivity contribution is -0.129. The second-order valence-electron chi connectivity index (χ2n) is 2.92. The average molecular weight is 157 g/mol. The first-order valence-corrected chi connectivity index (χ1v) is 3.92. The highest BCUT2D eigenvalue weighted by molar-refractivity contribution is 5.78. The van der Waals surface area contributed by atoms with Crippen molar-refractivity contribution in [3.63, 3.8) is 0 Å². The van der Waals surface area contributed by atoms with Crippen LogP contribution in [0, 0.1) is 0 Å². The normalized spacial score (nSPS) is 24.2. The van der Waals surface area contributed by atoms with Crippen molar-refractivity contribution in [3.8, 4) is 0 Å². The lowest BCUT2D eigenvalue weighted by atomic mass is 10.3. The Morgan fingerprint density at radius 2 is 2.55 bits per heavy atom. The van der Waals surface area contributed by atoms with Crippen molar-refractivity contribution in [2.24, 2.45) is 5.73 Å². The number of hydrogen-bond donors (Lipinski definition) is 2. The Hall–Kier alpha value is -0.610. The quantitative estimate of drug-likeness (QED) is 0.527. The number of hydrogen-bond acceptors (Lipinski definition) is 3. The van der Waals surface area contributed by atoms with E-state index in [1.807, 2.05) is 0 Å². The van der Waals surface area contributed by atoms with Crippen LogP contribution in [0.2, 0.25) is 0 Å². The van der Waals surface area contributed by atoms with Crippen LogP contribution in [-0.2, 0) is 4.79 Å². The molecule has 1 fully saturated rings. The van der Waals surface area contributed by atoms with Gasteiger partial charge in [0.1, 0.15) is 0 Å². The van der Waals surface area contributed by atoms with Crippen LogP contribution < -0.4 is 11.1 Å². The Bertz CT molecular complexity index is 149. The molecule has 1 atom stereocenters. The summed E-state index contributed by atoms with van der Waals surface area (Å²) in [5, 5.41) is 2.83. The number of carbonyl (C=O) groups excluding carboxylic acids is 1. The summed E-state index contributed by atoms with van der Waals surface area (Å²) in [6.45, 7) is 1.97. The average Bonchev–Trinajstić information content (AvgIpc) is 2.36. The number of likely N-dealkylation sites (tertiary alicyclic amines) is 1. The van der Waals surface area contributed by atoms with Gasteiger partial charge in [-0.3, -0.25) is 4.79 Å².